The second-order valence-corrected chi connectivity index (χ2v) is 9.31. The van der Waals surface area contributed by atoms with Crippen molar-refractivity contribution in [3.8, 4) is 22.8 Å². The second kappa shape index (κ2) is 10.1. The number of sulfonamides is 1. The lowest BCUT2D eigenvalue weighted by atomic mass is 10.2. The maximum Gasteiger partial charge on any atom is 0.208 e. The Morgan fingerprint density at radius 3 is 2.53 bits per heavy atom. The number of hydrogen-bond acceptors (Lipinski definition) is 6. The van der Waals surface area contributed by atoms with E-state index in [0.29, 0.717) is 42.0 Å². The van der Waals surface area contributed by atoms with Crippen LogP contribution in [0.5, 0.6) is 5.75 Å². The number of halogens is 1. The van der Waals surface area contributed by atoms with Crippen molar-refractivity contribution in [2.24, 2.45) is 0 Å². The zero-order valence-corrected chi connectivity index (χ0v) is 18.3. The topological polar surface area (TPSA) is 86.1 Å². The lowest BCUT2D eigenvalue weighted by molar-refractivity contribution is 0.340. The minimum Gasteiger partial charge on any atom is -0.494 e. The number of nitrogens with one attached hydrogen (secondary N) is 1. The fraction of sp³-hybridized carbons (Fsp3) is 0.300. The van der Waals surface area contributed by atoms with Gasteiger partial charge >= 0.3 is 0 Å². The number of thioether (sulfide) groups is 1. The molecule has 0 aliphatic rings. The molecule has 3 rings (SSSR count). The first kappa shape index (κ1) is 22.3. The molecule has 0 atom stereocenters. The summed E-state index contributed by atoms with van der Waals surface area (Å²) in [6.07, 6.45) is 1.72. The Bertz CT molecular complexity index is 1090. The minimum absolute atomic E-state index is 0.325. The molecule has 10 heteroatoms. The molecule has 2 aromatic carbocycles. The number of hydrogen-bond donors (Lipinski definition) is 1. The Labute approximate surface area is 179 Å². The van der Waals surface area contributed by atoms with Crippen molar-refractivity contribution >= 4 is 21.8 Å². The van der Waals surface area contributed by atoms with Gasteiger partial charge in [-0.2, -0.15) is 0 Å². The van der Waals surface area contributed by atoms with Crippen LogP contribution in [0.3, 0.4) is 0 Å². The molecule has 0 radical (unpaired) electrons. The quantitative estimate of drug-likeness (QED) is 0.376. The molecule has 0 spiro atoms. The molecule has 7 nitrogen and oxygen atoms in total. The monoisotopic (exact) mass is 450 g/mol. The van der Waals surface area contributed by atoms with Gasteiger partial charge in [0.05, 0.1) is 18.6 Å². The second-order valence-electron chi connectivity index (χ2n) is 6.42. The molecule has 3 aromatic rings. The molecule has 0 saturated carbocycles. The van der Waals surface area contributed by atoms with E-state index in [1.165, 1.54) is 17.8 Å². The zero-order chi connectivity index (χ0) is 21.6. The Morgan fingerprint density at radius 2 is 1.87 bits per heavy atom. The summed E-state index contributed by atoms with van der Waals surface area (Å²) in [6.45, 7) is 2.81. The van der Waals surface area contributed by atoms with Crippen LogP contribution in [0.4, 0.5) is 4.39 Å². The van der Waals surface area contributed by atoms with E-state index in [4.69, 9.17) is 4.74 Å². The van der Waals surface area contributed by atoms with E-state index in [1.807, 2.05) is 31.2 Å². The summed E-state index contributed by atoms with van der Waals surface area (Å²) in [5.74, 6) is 1.47. The number of benzene rings is 2. The van der Waals surface area contributed by atoms with Gasteiger partial charge in [-0.1, -0.05) is 23.9 Å². The molecule has 1 heterocycles. The Morgan fingerprint density at radius 1 is 1.13 bits per heavy atom. The third-order valence-corrected chi connectivity index (χ3v) is 5.81. The summed E-state index contributed by atoms with van der Waals surface area (Å²) in [5, 5.41) is 9.08. The van der Waals surface area contributed by atoms with Crippen molar-refractivity contribution in [2.75, 3.05) is 25.2 Å². The summed E-state index contributed by atoms with van der Waals surface area (Å²) >= 11 is 1.39. The number of nitrogens with zero attached hydrogens (tertiary/aromatic N) is 3. The highest BCUT2D eigenvalue weighted by molar-refractivity contribution is 7.99. The standard InChI is InChI=1S/C20H23FN4O3S2/c1-3-28-16-11-9-15(10-12-16)19-23-24-20(29-14-6-13-22-30(2,26)27)25(19)18-8-5-4-7-17(18)21/h4-5,7-12,22H,3,6,13-14H2,1-2H3. The van der Waals surface area contributed by atoms with Crippen LogP contribution in [0.15, 0.2) is 53.7 Å². The van der Waals surface area contributed by atoms with Gasteiger partial charge < -0.3 is 4.74 Å². The molecular weight excluding hydrogens is 427 g/mol. The van der Waals surface area contributed by atoms with Gasteiger partial charge in [0.15, 0.2) is 11.0 Å². The number of rotatable bonds is 10. The van der Waals surface area contributed by atoms with Crippen LogP contribution in [-0.2, 0) is 10.0 Å². The predicted octanol–water partition coefficient (Wildman–Crippen LogP) is 3.50. The van der Waals surface area contributed by atoms with E-state index in [0.717, 1.165) is 17.6 Å². The van der Waals surface area contributed by atoms with E-state index < -0.39 is 10.0 Å². The van der Waals surface area contributed by atoms with Gasteiger partial charge in [0.1, 0.15) is 11.6 Å². The third-order valence-electron chi connectivity index (χ3n) is 4.07. The van der Waals surface area contributed by atoms with E-state index in [1.54, 1.807) is 22.8 Å². The van der Waals surface area contributed by atoms with Crippen LogP contribution in [0.25, 0.3) is 17.1 Å². The van der Waals surface area contributed by atoms with Crippen molar-refractivity contribution in [1.82, 2.24) is 19.5 Å². The minimum atomic E-state index is -3.22. The zero-order valence-electron chi connectivity index (χ0n) is 16.7. The number of ether oxygens (including phenoxy) is 1. The SMILES string of the molecule is CCOc1ccc(-c2nnc(SCCCNS(C)(=O)=O)n2-c2ccccc2F)cc1. The first-order chi connectivity index (χ1) is 14.4. The van der Waals surface area contributed by atoms with E-state index in [-0.39, 0.29) is 5.82 Å². The molecule has 0 unspecified atom stereocenters. The fourth-order valence-corrected chi connectivity index (χ4v) is 4.16. The smallest absolute Gasteiger partial charge is 0.208 e. The average Bonchev–Trinajstić information content (AvgIpc) is 3.12. The largest absolute Gasteiger partial charge is 0.494 e. The van der Waals surface area contributed by atoms with Crippen LogP contribution in [0, 0.1) is 5.82 Å². The van der Waals surface area contributed by atoms with Crippen molar-refractivity contribution in [3.05, 3.63) is 54.3 Å². The highest BCUT2D eigenvalue weighted by atomic mass is 32.2. The normalized spacial score (nSPS) is 11.6. The van der Waals surface area contributed by atoms with Crippen molar-refractivity contribution in [1.29, 1.82) is 0 Å². The molecule has 0 aliphatic carbocycles. The summed E-state index contributed by atoms with van der Waals surface area (Å²) in [4.78, 5) is 0. The van der Waals surface area contributed by atoms with Crippen molar-refractivity contribution in [2.45, 2.75) is 18.5 Å². The van der Waals surface area contributed by atoms with Gasteiger partial charge in [0.25, 0.3) is 0 Å². The molecule has 1 aromatic heterocycles. The highest BCUT2D eigenvalue weighted by Crippen LogP contribution is 2.30. The van der Waals surface area contributed by atoms with E-state index in [9.17, 15) is 12.8 Å². The number of aromatic nitrogens is 3. The molecule has 0 aliphatic heterocycles. The maximum atomic E-state index is 14.6. The van der Waals surface area contributed by atoms with Gasteiger partial charge in [-0.25, -0.2) is 17.5 Å². The van der Waals surface area contributed by atoms with Crippen LogP contribution in [0.1, 0.15) is 13.3 Å². The molecule has 0 saturated heterocycles. The van der Waals surface area contributed by atoms with Crippen LogP contribution in [-0.4, -0.2) is 48.3 Å². The average molecular weight is 451 g/mol. The Hall–Kier alpha value is -2.43. The lowest BCUT2D eigenvalue weighted by Gasteiger charge is -2.12. The highest BCUT2D eigenvalue weighted by Gasteiger charge is 2.18. The van der Waals surface area contributed by atoms with Crippen LogP contribution in [0.2, 0.25) is 0 Å². The molecule has 0 bridgehead atoms. The van der Waals surface area contributed by atoms with Gasteiger partial charge in [-0.3, -0.25) is 4.57 Å². The first-order valence-electron chi connectivity index (χ1n) is 9.40. The fourth-order valence-electron chi connectivity index (χ4n) is 2.76. The maximum absolute atomic E-state index is 14.6. The lowest BCUT2D eigenvalue weighted by Crippen LogP contribution is -2.23. The Kier molecular flexibility index (Phi) is 7.46. The molecule has 1 N–H and O–H groups in total. The number of para-hydroxylation sites is 1. The van der Waals surface area contributed by atoms with Gasteiger partial charge in [0.2, 0.25) is 10.0 Å². The third kappa shape index (κ3) is 5.80. The Balaban J connectivity index is 1.87. The van der Waals surface area contributed by atoms with Gasteiger partial charge in [0, 0.05) is 17.9 Å². The van der Waals surface area contributed by atoms with Crippen LogP contribution >= 0.6 is 11.8 Å². The molecule has 0 amide bonds. The van der Waals surface area contributed by atoms with E-state index in [2.05, 4.69) is 14.9 Å². The molecule has 160 valence electrons. The van der Waals surface area contributed by atoms with Gasteiger partial charge in [-0.05, 0) is 49.7 Å². The summed E-state index contributed by atoms with van der Waals surface area (Å²) in [7, 11) is -3.22. The van der Waals surface area contributed by atoms with Gasteiger partial charge in [-0.15, -0.1) is 10.2 Å². The summed E-state index contributed by atoms with van der Waals surface area (Å²) in [6, 6.07) is 13.8. The van der Waals surface area contributed by atoms with E-state index >= 15 is 0 Å². The molecule has 30 heavy (non-hydrogen) atoms. The summed E-state index contributed by atoms with van der Waals surface area (Å²) in [5.41, 5.74) is 1.13. The predicted molar refractivity (Wildman–Crippen MR) is 116 cm³/mol. The molecule has 0 fully saturated rings. The van der Waals surface area contributed by atoms with Crippen molar-refractivity contribution in [3.63, 3.8) is 0 Å². The van der Waals surface area contributed by atoms with Crippen LogP contribution < -0.4 is 9.46 Å². The summed E-state index contributed by atoms with van der Waals surface area (Å²) < 4.78 is 46.5. The molecular formula is C20H23FN4O3S2. The first-order valence-corrected chi connectivity index (χ1v) is 12.3. The van der Waals surface area contributed by atoms with Crippen molar-refractivity contribution < 1.29 is 17.5 Å².